The summed E-state index contributed by atoms with van der Waals surface area (Å²) in [4.78, 5) is 2.57. The molecule has 1 aliphatic rings. The zero-order valence-corrected chi connectivity index (χ0v) is 11.8. The summed E-state index contributed by atoms with van der Waals surface area (Å²) in [6.45, 7) is 7.92. The first-order valence-electron chi connectivity index (χ1n) is 7.44. The van der Waals surface area contributed by atoms with Gasteiger partial charge < -0.3 is 10.2 Å². The van der Waals surface area contributed by atoms with Gasteiger partial charge in [0.1, 0.15) is 0 Å². The zero-order valence-electron chi connectivity index (χ0n) is 11.8. The van der Waals surface area contributed by atoms with Crippen molar-refractivity contribution in [3.05, 3.63) is 29.8 Å². The van der Waals surface area contributed by atoms with Crippen LogP contribution in [-0.4, -0.2) is 19.6 Å². The lowest BCUT2D eigenvalue weighted by molar-refractivity contribution is 0.486. The van der Waals surface area contributed by atoms with Gasteiger partial charge in [0.25, 0.3) is 0 Å². The molecule has 0 spiro atoms. The third-order valence-corrected chi connectivity index (χ3v) is 3.82. The molecule has 2 heteroatoms. The van der Waals surface area contributed by atoms with Gasteiger partial charge in [-0.05, 0) is 31.0 Å². The van der Waals surface area contributed by atoms with Crippen LogP contribution in [0.4, 0.5) is 5.69 Å². The highest BCUT2D eigenvalue weighted by Crippen LogP contribution is 2.33. The minimum absolute atomic E-state index is 0.550. The molecule has 0 fully saturated rings. The summed E-state index contributed by atoms with van der Waals surface area (Å²) in [5.41, 5.74) is 2.94. The molecule has 1 N–H and O–H groups in total. The minimum Gasteiger partial charge on any atom is -0.371 e. The fourth-order valence-corrected chi connectivity index (χ4v) is 2.87. The molecule has 0 saturated carbocycles. The molecule has 1 aromatic carbocycles. The summed E-state index contributed by atoms with van der Waals surface area (Å²) < 4.78 is 0. The van der Waals surface area contributed by atoms with E-state index < -0.39 is 0 Å². The zero-order chi connectivity index (χ0) is 12.8. The van der Waals surface area contributed by atoms with E-state index in [9.17, 15) is 0 Å². The van der Waals surface area contributed by atoms with E-state index in [1.807, 2.05) is 0 Å². The van der Waals surface area contributed by atoms with E-state index in [0.717, 1.165) is 6.54 Å². The number of rotatable bonds is 6. The molecule has 0 amide bonds. The molecule has 2 nitrogen and oxygen atoms in total. The molecule has 100 valence electrons. The van der Waals surface area contributed by atoms with E-state index in [0.29, 0.717) is 6.04 Å². The van der Waals surface area contributed by atoms with Crippen molar-refractivity contribution in [3.63, 3.8) is 0 Å². The van der Waals surface area contributed by atoms with Crippen LogP contribution in [-0.2, 0) is 0 Å². The normalized spacial score (nSPS) is 18.8. The molecule has 1 heterocycles. The van der Waals surface area contributed by atoms with Crippen LogP contribution in [0.3, 0.4) is 0 Å². The molecule has 18 heavy (non-hydrogen) atoms. The average Bonchev–Trinajstić information content (AvgIpc) is 2.41. The van der Waals surface area contributed by atoms with E-state index in [-0.39, 0.29) is 0 Å². The third-order valence-electron chi connectivity index (χ3n) is 3.82. The molecule has 1 atom stereocenters. The highest BCUT2D eigenvalue weighted by Gasteiger charge is 2.23. The first kappa shape index (κ1) is 13.4. The Morgan fingerprint density at radius 1 is 1.22 bits per heavy atom. The van der Waals surface area contributed by atoms with Crippen LogP contribution in [0.15, 0.2) is 24.3 Å². The monoisotopic (exact) mass is 246 g/mol. The van der Waals surface area contributed by atoms with Gasteiger partial charge in [-0.1, -0.05) is 44.9 Å². The standard InChI is InChI=1S/C16H26N2/c1-3-5-8-12-18-13-11-15(17-4-2)14-9-6-7-10-16(14)18/h6-7,9-10,15,17H,3-5,8,11-13H2,1-2H3. The van der Waals surface area contributed by atoms with Crippen molar-refractivity contribution in [1.82, 2.24) is 5.32 Å². The Hall–Kier alpha value is -1.02. The fraction of sp³-hybridized carbons (Fsp3) is 0.625. The lowest BCUT2D eigenvalue weighted by Crippen LogP contribution is -2.36. The fourth-order valence-electron chi connectivity index (χ4n) is 2.87. The van der Waals surface area contributed by atoms with Crippen LogP contribution in [0.5, 0.6) is 0 Å². The molecular formula is C16H26N2. The predicted molar refractivity (Wildman–Crippen MR) is 79.2 cm³/mol. The molecule has 0 radical (unpaired) electrons. The molecule has 0 aromatic heterocycles. The van der Waals surface area contributed by atoms with E-state index in [4.69, 9.17) is 0 Å². The van der Waals surface area contributed by atoms with Crippen molar-refractivity contribution in [3.8, 4) is 0 Å². The number of hydrogen-bond donors (Lipinski definition) is 1. The number of benzene rings is 1. The van der Waals surface area contributed by atoms with E-state index in [2.05, 4.69) is 48.3 Å². The third kappa shape index (κ3) is 3.05. The van der Waals surface area contributed by atoms with E-state index in [1.54, 1.807) is 0 Å². The second-order valence-electron chi connectivity index (χ2n) is 5.15. The van der Waals surface area contributed by atoms with Crippen LogP contribution in [0.2, 0.25) is 0 Å². The van der Waals surface area contributed by atoms with E-state index >= 15 is 0 Å². The van der Waals surface area contributed by atoms with Crippen molar-refractivity contribution < 1.29 is 0 Å². The summed E-state index contributed by atoms with van der Waals surface area (Å²) in [5.74, 6) is 0. The van der Waals surface area contributed by atoms with Gasteiger partial charge >= 0.3 is 0 Å². The number of para-hydroxylation sites is 1. The van der Waals surface area contributed by atoms with Gasteiger partial charge in [-0.2, -0.15) is 0 Å². The van der Waals surface area contributed by atoms with Crippen LogP contribution in [0.25, 0.3) is 0 Å². The number of hydrogen-bond acceptors (Lipinski definition) is 2. The Labute approximate surface area is 111 Å². The molecule has 2 rings (SSSR count). The average molecular weight is 246 g/mol. The quantitative estimate of drug-likeness (QED) is 0.769. The van der Waals surface area contributed by atoms with Crippen molar-refractivity contribution in [2.24, 2.45) is 0 Å². The topological polar surface area (TPSA) is 15.3 Å². The summed E-state index contributed by atoms with van der Waals surface area (Å²) >= 11 is 0. The van der Waals surface area contributed by atoms with Crippen LogP contribution in [0, 0.1) is 0 Å². The number of unbranched alkanes of at least 4 members (excludes halogenated alkanes) is 2. The first-order valence-corrected chi connectivity index (χ1v) is 7.44. The summed E-state index contributed by atoms with van der Waals surface area (Å²) in [6.07, 6.45) is 5.19. The van der Waals surface area contributed by atoms with Crippen LogP contribution < -0.4 is 10.2 Å². The lowest BCUT2D eigenvalue weighted by atomic mass is 9.96. The second-order valence-corrected chi connectivity index (χ2v) is 5.15. The molecule has 0 aliphatic carbocycles. The summed E-state index contributed by atoms with van der Waals surface area (Å²) in [5, 5.41) is 3.60. The molecule has 0 saturated heterocycles. The molecule has 1 aliphatic heterocycles. The largest absolute Gasteiger partial charge is 0.371 e. The highest BCUT2D eigenvalue weighted by molar-refractivity contribution is 5.56. The van der Waals surface area contributed by atoms with E-state index in [1.165, 1.54) is 50.0 Å². The van der Waals surface area contributed by atoms with Crippen molar-refractivity contribution in [1.29, 1.82) is 0 Å². The smallest absolute Gasteiger partial charge is 0.0414 e. The van der Waals surface area contributed by atoms with Gasteiger partial charge in [0.15, 0.2) is 0 Å². The number of nitrogens with zero attached hydrogens (tertiary/aromatic N) is 1. The summed E-state index contributed by atoms with van der Waals surface area (Å²) in [6, 6.07) is 9.45. The number of nitrogens with one attached hydrogen (secondary N) is 1. The maximum absolute atomic E-state index is 3.60. The van der Waals surface area contributed by atoms with Crippen LogP contribution in [0.1, 0.15) is 51.1 Å². The second kappa shape index (κ2) is 6.79. The number of fused-ring (bicyclic) bond motifs is 1. The van der Waals surface area contributed by atoms with Crippen molar-refractivity contribution in [2.75, 3.05) is 24.5 Å². The maximum Gasteiger partial charge on any atom is 0.0414 e. The first-order chi connectivity index (χ1) is 8.86. The number of anilines is 1. The Morgan fingerprint density at radius 3 is 2.83 bits per heavy atom. The Kier molecular flexibility index (Phi) is 5.06. The van der Waals surface area contributed by atoms with Crippen molar-refractivity contribution >= 4 is 5.69 Å². The van der Waals surface area contributed by atoms with Crippen LogP contribution >= 0.6 is 0 Å². The maximum atomic E-state index is 3.60. The SMILES string of the molecule is CCCCCN1CCC(NCC)c2ccccc21. The Balaban J connectivity index is 2.09. The molecule has 0 bridgehead atoms. The molecule has 1 unspecified atom stereocenters. The molecular weight excluding hydrogens is 220 g/mol. The Morgan fingerprint density at radius 2 is 2.06 bits per heavy atom. The highest BCUT2D eigenvalue weighted by atomic mass is 15.1. The minimum atomic E-state index is 0.550. The van der Waals surface area contributed by atoms with Crippen molar-refractivity contribution in [2.45, 2.75) is 45.6 Å². The Bertz CT molecular complexity index is 362. The van der Waals surface area contributed by atoms with Gasteiger partial charge in [0.2, 0.25) is 0 Å². The van der Waals surface area contributed by atoms with Gasteiger partial charge in [0.05, 0.1) is 0 Å². The van der Waals surface area contributed by atoms with Gasteiger partial charge in [0, 0.05) is 24.8 Å². The predicted octanol–water partition coefficient (Wildman–Crippen LogP) is 3.74. The van der Waals surface area contributed by atoms with Gasteiger partial charge in [-0.25, -0.2) is 0 Å². The molecule has 1 aromatic rings. The van der Waals surface area contributed by atoms with Gasteiger partial charge in [-0.15, -0.1) is 0 Å². The lowest BCUT2D eigenvalue weighted by Gasteiger charge is -2.36. The van der Waals surface area contributed by atoms with Gasteiger partial charge in [-0.3, -0.25) is 0 Å². The summed E-state index contributed by atoms with van der Waals surface area (Å²) in [7, 11) is 0.